The number of methoxy groups -OCH3 is 1. The van der Waals surface area contributed by atoms with E-state index in [1.165, 1.54) is 13.3 Å². The molecule has 25 heavy (non-hydrogen) atoms. The average Bonchev–Trinajstić information content (AvgIpc) is 2.57. The molecule has 0 fully saturated rings. The number of rotatable bonds is 5. The molecule has 0 bridgehead atoms. The number of halogens is 2. The maximum Gasteiger partial charge on any atom is 0.267 e. The molecule has 0 aliphatic rings. The van der Waals surface area contributed by atoms with Gasteiger partial charge in [0.25, 0.3) is 5.91 Å². The van der Waals surface area contributed by atoms with Crippen molar-refractivity contribution in [2.75, 3.05) is 17.7 Å². The van der Waals surface area contributed by atoms with E-state index in [1.54, 1.807) is 18.2 Å². The number of benzene rings is 2. The van der Waals surface area contributed by atoms with Crippen molar-refractivity contribution in [2.24, 2.45) is 0 Å². The zero-order valence-corrected chi connectivity index (χ0v) is 15.9. The highest BCUT2D eigenvalue weighted by Gasteiger charge is 2.11. The van der Waals surface area contributed by atoms with Crippen molar-refractivity contribution in [3.63, 3.8) is 0 Å². The van der Waals surface area contributed by atoms with Crippen LogP contribution < -0.4 is 15.4 Å². The molecule has 0 unspecified atom stereocenters. The highest BCUT2D eigenvalue weighted by Crippen LogP contribution is 2.27. The van der Waals surface area contributed by atoms with Crippen molar-refractivity contribution in [3.05, 3.63) is 63.2 Å². The van der Waals surface area contributed by atoms with Crippen LogP contribution in [0.1, 0.15) is 5.56 Å². The molecule has 0 atom stereocenters. The third-order valence-corrected chi connectivity index (χ3v) is 4.22. The molecule has 5 nitrogen and oxygen atoms in total. The quantitative estimate of drug-likeness (QED) is 0.534. The third-order valence-electron chi connectivity index (χ3n) is 3.27. The molecule has 0 aliphatic heterocycles. The van der Waals surface area contributed by atoms with E-state index < -0.39 is 5.91 Å². The van der Waals surface area contributed by atoms with Crippen molar-refractivity contribution in [1.29, 1.82) is 5.26 Å². The molecule has 0 saturated carbocycles. The van der Waals surface area contributed by atoms with Gasteiger partial charge < -0.3 is 15.4 Å². The number of nitriles is 1. The van der Waals surface area contributed by atoms with E-state index in [4.69, 9.17) is 16.3 Å². The number of nitrogens with zero attached hydrogens (tertiary/aromatic N) is 1. The zero-order chi connectivity index (χ0) is 18.4. The second kappa shape index (κ2) is 8.56. The summed E-state index contributed by atoms with van der Waals surface area (Å²) < 4.78 is 5.89. The summed E-state index contributed by atoms with van der Waals surface area (Å²) in [6.45, 7) is 1.97. The lowest BCUT2D eigenvalue weighted by molar-refractivity contribution is -0.112. The number of amides is 1. The monoisotopic (exact) mass is 419 g/mol. The second-order valence-corrected chi connectivity index (χ2v) is 6.36. The summed E-state index contributed by atoms with van der Waals surface area (Å²) in [4.78, 5) is 12.2. The summed E-state index contributed by atoms with van der Waals surface area (Å²) >= 11 is 9.45. The Morgan fingerprint density at radius 1 is 1.32 bits per heavy atom. The molecule has 0 aliphatic carbocycles. The average molecular weight is 421 g/mol. The van der Waals surface area contributed by atoms with Crippen LogP contribution in [-0.2, 0) is 4.79 Å². The minimum absolute atomic E-state index is 0.0700. The van der Waals surface area contributed by atoms with Gasteiger partial charge in [-0.15, -0.1) is 0 Å². The van der Waals surface area contributed by atoms with Gasteiger partial charge in [0.2, 0.25) is 0 Å². The Balaban J connectivity index is 2.12. The Morgan fingerprint density at radius 2 is 2.08 bits per heavy atom. The molecule has 2 N–H and O–H groups in total. The lowest BCUT2D eigenvalue weighted by atomic mass is 10.2. The standard InChI is InChI=1S/C18H15BrClN3O2/c1-11-3-5-16(14(19)7-11)22-10-12(9-21)18(24)23-13-4-6-17(25-2)15(20)8-13/h3-8,10,22H,1-2H3,(H,23,24)/b12-10-. The smallest absolute Gasteiger partial charge is 0.267 e. The third kappa shape index (κ3) is 4.99. The van der Waals surface area contributed by atoms with Gasteiger partial charge in [0, 0.05) is 16.4 Å². The molecule has 128 valence electrons. The zero-order valence-electron chi connectivity index (χ0n) is 13.6. The molecule has 1 amide bonds. The van der Waals surface area contributed by atoms with Crippen LogP contribution in [0.2, 0.25) is 5.02 Å². The van der Waals surface area contributed by atoms with Crippen LogP contribution in [0.4, 0.5) is 11.4 Å². The first kappa shape index (κ1) is 18.8. The molecule has 0 radical (unpaired) electrons. The minimum atomic E-state index is -0.542. The van der Waals surface area contributed by atoms with Gasteiger partial charge in [0.05, 0.1) is 17.8 Å². The van der Waals surface area contributed by atoms with E-state index in [0.717, 1.165) is 15.7 Å². The molecule has 2 rings (SSSR count). The number of anilines is 2. The van der Waals surface area contributed by atoms with Gasteiger partial charge in [-0.25, -0.2) is 0 Å². The van der Waals surface area contributed by atoms with Gasteiger partial charge in [0.15, 0.2) is 0 Å². The molecule has 2 aromatic carbocycles. The summed E-state index contributed by atoms with van der Waals surface area (Å²) in [7, 11) is 1.50. The van der Waals surface area contributed by atoms with Gasteiger partial charge in [-0.05, 0) is 58.7 Å². The van der Waals surface area contributed by atoms with Crippen molar-refractivity contribution in [3.8, 4) is 11.8 Å². The fraction of sp³-hybridized carbons (Fsp3) is 0.111. The largest absolute Gasteiger partial charge is 0.495 e. The number of ether oxygens (including phenoxy) is 1. The van der Waals surface area contributed by atoms with Crippen LogP contribution in [0.25, 0.3) is 0 Å². The van der Waals surface area contributed by atoms with Crippen molar-refractivity contribution in [1.82, 2.24) is 0 Å². The number of hydrogen-bond donors (Lipinski definition) is 2. The number of hydrogen-bond acceptors (Lipinski definition) is 4. The SMILES string of the molecule is COc1ccc(NC(=O)/C(C#N)=C\Nc2ccc(C)cc2Br)cc1Cl. The maximum absolute atomic E-state index is 12.2. The van der Waals surface area contributed by atoms with Crippen LogP contribution in [0.5, 0.6) is 5.75 Å². The minimum Gasteiger partial charge on any atom is -0.495 e. The lowest BCUT2D eigenvalue weighted by Crippen LogP contribution is -2.14. The predicted molar refractivity (Wildman–Crippen MR) is 103 cm³/mol. The van der Waals surface area contributed by atoms with Gasteiger partial charge in [-0.1, -0.05) is 17.7 Å². The first-order chi connectivity index (χ1) is 11.9. The number of carbonyl (C=O) groups is 1. The van der Waals surface area contributed by atoms with E-state index in [1.807, 2.05) is 31.2 Å². The summed E-state index contributed by atoms with van der Waals surface area (Å²) in [6.07, 6.45) is 1.36. The van der Waals surface area contributed by atoms with Crippen LogP contribution in [0.3, 0.4) is 0 Å². The second-order valence-electron chi connectivity index (χ2n) is 5.10. The molecule has 7 heteroatoms. The van der Waals surface area contributed by atoms with Gasteiger partial charge in [-0.3, -0.25) is 4.79 Å². The first-order valence-corrected chi connectivity index (χ1v) is 8.39. The van der Waals surface area contributed by atoms with E-state index in [9.17, 15) is 10.1 Å². The number of aryl methyl sites for hydroxylation is 1. The van der Waals surface area contributed by atoms with Gasteiger partial charge in [0.1, 0.15) is 17.4 Å². The first-order valence-electron chi connectivity index (χ1n) is 7.22. The molecule has 0 spiro atoms. The van der Waals surface area contributed by atoms with E-state index in [-0.39, 0.29) is 5.57 Å². The predicted octanol–water partition coefficient (Wildman–Crippen LogP) is 4.88. The van der Waals surface area contributed by atoms with E-state index in [2.05, 4.69) is 26.6 Å². The Kier molecular flexibility index (Phi) is 6.45. The van der Waals surface area contributed by atoms with E-state index >= 15 is 0 Å². The van der Waals surface area contributed by atoms with Crippen molar-refractivity contribution < 1.29 is 9.53 Å². The molecule has 2 aromatic rings. The molecular weight excluding hydrogens is 406 g/mol. The van der Waals surface area contributed by atoms with Crippen LogP contribution in [-0.4, -0.2) is 13.0 Å². The molecule has 0 aromatic heterocycles. The summed E-state index contributed by atoms with van der Waals surface area (Å²) in [5.41, 5.74) is 2.24. The molecule has 0 heterocycles. The highest BCUT2D eigenvalue weighted by molar-refractivity contribution is 9.10. The normalized spacial score (nSPS) is 10.8. The van der Waals surface area contributed by atoms with Crippen LogP contribution >= 0.6 is 27.5 Å². The van der Waals surface area contributed by atoms with Crippen LogP contribution in [0, 0.1) is 18.3 Å². The van der Waals surface area contributed by atoms with Crippen molar-refractivity contribution in [2.45, 2.75) is 6.92 Å². The summed E-state index contributed by atoms with van der Waals surface area (Å²) in [5.74, 6) is -0.0407. The lowest BCUT2D eigenvalue weighted by Gasteiger charge is -2.08. The van der Waals surface area contributed by atoms with E-state index in [0.29, 0.717) is 16.5 Å². The molecular formula is C18H15BrClN3O2. The Hall–Kier alpha value is -2.49. The number of nitrogens with one attached hydrogen (secondary N) is 2. The Bertz CT molecular complexity index is 875. The number of carbonyl (C=O) groups excluding carboxylic acids is 1. The van der Waals surface area contributed by atoms with Crippen LogP contribution in [0.15, 0.2) is 52.6 Å². The summed E-state index contributed by atoms with van der Waals surface area (Å²) in [6, 6.07) is 12.4. The Morgan fingerprint density at radius 3 is 2.68 bits per heavy atom. The van der Waals surface area contributed by atoms with Gasteiger partial charge >= 0.3 is 0 Å². The maximum atomic E-state index is 12.2. The Labute approximate surface area is 159 Å². The van der Waals surface area contributed by atoms with Crippen molar-refractivity contribution >= 4 is 44.8 Å². The summed E-state index contributed by atoms with van der Waals surface area (Å²) in [5, 5.41) is 15.2. The fourth-order valence-electron chi connectivity index (χ4n) is 1.98. The highest BCUT2D eigenvalue weighted by atomic mass is 79.9. The molecule has 0 saturated heterocycles. The topological polar surface area (TPSA) is 74.1 Å². The van der Waals surface area contributed by atoms with Gasteiger partial charge in [-0.2, -0.15) is 5.26 Å². The fourth-order valence-corrected chi connectivity index (χ4v) is 2.84.